The van der Waals surface area contributed by atoms with Crippen LogP contribution in [0.5, 0.6) is 0 Å². The van der Waals surface area contributed by atoms with Gasteiger partial charge in [0.15, 0.2) is 5.82 Å². The number of hydrogen-bond acceptors (Lipinski definition) is 5. The number of halogens is 3. The summed E-state index contributed by atoms with van der Waals surface area (Å²) in [6.45, 7) is 2.73. The van der Waals surface area contributed by atoms with Gasteiger partial charge in [0, 0.05) is 32.2 Å². The Labute approximate surface area is 185 Å². The molecule has 1 atom stereocenters. The average molecular weight is 502 g/mol. The minimum atomic E-state index is -0.892. The Morgan fingerprint density at radius 3 is 2.77 bits per heavy atom. The van der Waals surface area contributed by atoms with E-state index in [9.17, 15) is 18.4 Å². The number of amides is 3. The van der Waals surface area contributed by atoms with Gasteiger partial charge in [-0.1, -0.05) is 0 Å². The van der Waals surface area contributed by atoms with Gasteiger partial charge in [-0.05, 0) is 35.0 Å². The maximum atomic E-state index is 14.2. The van der Waals surface area contributed by atoms with E-state index in [4.69, 9.17) is 9.94 Å². The van der Waals surface area contributed by atoms with Crippen LogP contribution < -0.4 is 5.32 Å². The first kappa shape index (κ1) is 23.1. The number of aromatic nitrogens is 2. The standard InChI is InChI=1S/C18H18BrF2N5O3.CH4O/c1-9-7-13-10(16-17(27)24(2)29-6-5-26(16)23-13)8-25(9)18(28)22-12-4-3-11(20)14(19)15(12)21;1-2/h3-4,9H,5-8H2,1-2H3,(H,22,28);2H,1H3/t9-;/m1./s1. The predicted molar refractivity (Wildman–Crippen MR) is 110 cm³/mol. The van der Waals surface area contributed by atoms with Crippen LogP contribution in [0.25, 0.3) is 0 Å². The van der Waals surface area contributed by atoms with E-state index in [2.05, 4.69) is 26.3 Å². The first-order chi connectivity index (χ1) is 14.8. The van der Waals surface area contributed by atoms with Gasteiger partial charge < -0.3 is 15.3 Å². The number of rotatable bonds is 1. The highest BCUT2D eigenvalue weighted by Crippen LogP contribution is 2.30. The molecule has 31 heavy (non-hydrogen) atoms. The third-order valence-corrected chi connectivity index (χ3v) is 5.82. The first-order valence-electron chi connectivity index (χ1n) is 9.43. The van der Waals surface area contributed by atoms with Gasteiger partial charge in [-0.3, -0.25) is 14.3 Å². The summed E-state index contributed by atoms with van der Waals surface area (Å²) in [5, 5.41) is 15.2. The molecule has 2 aliphatic heterocycles. The summed E-state index contributed by atoms with van der Waals surface area (Å²) < 4.78 is 28.9. The molecule has 0 unspecified atom stereocenters. The van der Waals surface area contributed by atoms with E-state index < -0.39 is 17.7 Å². The van der Waals surface area contributed by atoms with E-state index in [0.29, 0.717) is 30.8 Å². The van der Waals surface area contributed by atoms with Crippen molar-refractivity contribution in [2.75, 3.05) is 26.1 Å². The average Bonchev–Trinajstić information content (AvgIpc) is 3.04. The Kier molecular flexibility index (Phi) is 6.92. The van der Waals surface area contributed by atoms with Gasteiger partial charge in [0.05, 0.1) is 35.6 Å². The highest BCUT2D eigenvalue weighted by atomic mass is 79.9. The van der Waals surface area contributed by atoms with Gasteiger partial charge in [0.1, 0.15) is 11.5 Å². The summed E-state index contributed by atoms with van der Waals surface area (Å²) in [4.78, 5) is 32.3. The van der Waals surface area contributed by atoms with Crippen LogP contribution in [0.1, 0.15) is 28.7 Å². The van der Waals surface area contributed by atoms with Gasteiger partial charge in [-0.2, -0.15) is 5.10 Å². The number of carbonyl (C=O) groups excluding carboxylic acids is 2. The highest BCUT2D eigenvalue weighted by Gasteiger charge is 2.36. The Morgan fingerprint density at radius 1 is 1.35 bits per heavy atom. The summed E-state index contributed by atoms with van der Waals surface area (Å²) in [5.74, 6) is -1.99. The van der Waals surface area contributed by atoms with Gasteiger partial charge in [-0.25, -0.2) is 18.6 Å². The fourth-order valence-corrected chi connectivity index (χ4v) is 3.90. The summed E-state index contributed by atoms with van der Waals surface area (Å²) in [7, 11) is 2.53. The van der Waals surface area contributed by atoms with Crippen molar-refractivity contribution in [3.05, 3.63) is 45.2 Å². The molecule has 2 N–H and O–H groups in total. The van der Waals surface area contributed by atoms with Crippen molar-refractivity contribution in [2.45, 2.75) is 32.5 Å². The zero-order valence-electron chi connectivity index (χ0n) is 17.2. The number of urea groups is 1. The van der Waals surface area contributed by atoms with Crippen molar-refractivity contribution in [3.63, 3.8) is 0 Å². The second-order valence-electron chi connectivity index (χ2n) is 6.97. The minimum Gasteiger partial charge on any atom is -0.400 e. The van der Waals surface area contributed by atoms with E-state index in [1.54, 1.807) is 4.68 Å². The lowest BCUT2D eigenvalue weighted by Crippen LogP contribution is -2.45. The molecule has 0 bridgehead atoms. The van der Waals surface area contributed by atoms with Crippen molar-refractivity contribution in [3.8, 4) is 0 Å². The van der Waals surface area contributed by atoms with Crippen molar-refractivity contribution in [2.24, 2.45) is 0 Å². The fourth-order valence-electron chi connectivity index (χ4n) is 3.55. The normalized spacial score (nSPS) is 17.9. The smallest absolute Gasteiger partial charge is 0.322 e. The number of fused-ring (bicyclic) bond motifs is 3. The van der Waals surface area contributed by atoms with E-state index in [-0.39, 0.29) is 28.7 Å². The van der Waals surface area contributed by atoms with Crippen LogP contribution >= 0.6 is 15.9 Å². The molecule has 12 heteroatoms. The van der Waals surface area contributed by atoms with Crippen LogP contribution in [0.3, 0.4) is 0 Å². The molecule has 0 saturated carbocycles. The number of anilines is 1. The molecule has 3 heterocycles. The molecule has 1 aromatic carbocycles. The molecule has 0 fully saturated rings. The van der Waals surface area contributed by atoms with Gasteiger partial charge in [-0.15, -0.1) is 0 Å². The van der Waals surface area contributed by atoms with Crippen LogP contribution in [0, 0.1) is 11.6 Å². The molecular formula is C19H22BrF2N5O4. The van der Waals surface area contributed by atoms with Crippen LogP contribution in [-0.4, -0.2) is 63.6 Å². The topological polar surface area (TPSA) is 99.9 Å². The summed E-state index contributed by atoms with van der Waals surface area (Å²) >= 11 is 2.82. The molecule has 0 spiro atoms. The molecule has 3 amide bonds. The lowest BCUT2D eigenvalue weighted by Gasteiger charge is -2.33. The van der Waals surface area contributed by atoms with Crippen molar-refractivity contribution in [1.29, 1.82) is 0 Å². The molecule has 168 valence electrons. The lowest BCUT2D eigenvalue weighted by atomic mass is 9.99. The second-order valence-corrected chi connectivity index (χ2v) is 7.76. The molecule has 0 saturated heterocycles. The monoisotopic (exact) mass is 501 g/mol. The summed E-state index contributed by atoms with van der Waals surface area (Å²) in [5.41, 5.74) is 1.66. The van der Waals surface area contributed by atoms with Crippen LogP contribution in [0.15, 0.2) is 16.6 Å². The first-order valence-corrected chi connectivity index (χ1v) is 10.2. The number of benzene rings is 1. The number of nitrogens with zero attached hydrogens (tertiary/aromatic N) is 4. The van der Waals surface area contributed by atoms with Gasteiger partial charge >= 0.3 is 6.03 Å². The quantitative estimate of drug-likeness (QED) is 0.584. The number of hydrogen-bond donors (Lipinski definition) is 2. The van der Waals surface area contributed by atoms with Gasteiger partial charge in [0.25, 0.3) is 5.91 Å². The molecule has 0 aliphatic carbocycles. The SMILES string of the molecule is CO.C[C@@H]1Cc2nn3c(c2CN1C(=O)Nc1ccc(F)c(Br)c1F)C(=O)N(C)OCC3. The molecule has 9 nitrogen and oxygen atoms in total. The Balaban J connectivity index is 0.00000132. The lowest BCUT2D eigenvalue weighted by molar-refractivity contribution is -0.103. The Hall–Kier alpha value is -2.57. The van der Waals surface area contributed by atoms with Crippen LogP contribution in [-0.2, 0) is 24.3 Å². The van der Waals surface area contributed by atoms with E-state index in [1.165, 1.54) is 11.9 Å². The Bertz CT molecular complexity index is 1020. The molecule has 2 aromatic rings. The molecule has 2 aliphatic rings. The van der Waals surface area contributed by atoms with Gasteiger partial charge in [0.2, 0.25) is 0 Å². The third kappa shape index (κ3) is 4.27. The van der Waals surface area contributed by atoms with Crippen LogP contribution in [0.4, 0.5) is 19.3 Å². The zero-order valence-corrected chi connectivity index (χ0v) is 18.7. The summed E-state index contributed by atoms with van der Waals surface area (Å²) in [6, 6.07) is 1.45. The van der Waals surface area contributed by atoms with E-state index in [0.717, 1.165) is 30.0 Å². The molecule has 1 aromatic heterocycles. The van der Waals surface area contributed by atoms with E-state index >= 15 is 0 Å². The number of nitrogens with one attached hydrogen (secondary N) is 1. The molecular weight excluding hydrogens is 480 g/mol. The van der Waals surface area contributed by atoms with Crippen molar-refractivity contribution >= 4 is 33.6 Å². The van der Waals surface area contributed by atoms with Crippen molar-refractivity contribution < 1.29 is 28.3 Å². The van der Waals surface area contributed by atoms with Crippen LogP contribution in [0.2, 0.25) is 0 Å². The fraction of sp³-hybridized carbons (Fsp3) is 0.421. The molecule has 4 rings (SSSR count). The highest BCUT2D eigenvalue weighted by molar-refractivity contribution is 9.10. The minimum absolute atomic E-state index is 0.140. The number of aliphatic hydroxyl groups excluding tert-OH is 1. The Morgan fingerprint density at radius 2 is 2.06 bits per heavy atom. The van der Waals surface area contributed by atoms with E-state index in [1.807, 2.05) is 6.92 Å². The number of carbonyl (C=O) groups is 2. The number of aliphatic hydroxyl groups is 1. The number of hydroxylamine groups is 2. The van der Waals surface area contributed by atoms with Crippen molar-refractivity contribution in [1.82, 2.24) is 19.7 Å². The second kappa shape index (κ2) is 9.28. The zero-order chi connectivity index (χ0) is 22.9. The third-order valence-electron chi connectivity index (χ3n) is 5.10. The predicted octanol–water partition coefficient (Wildman–Crippen LogP) is 2.53. The maximum Gasteiger partial charge on any atom is 0.322 e. The summed E-state index contributed by atoms with van der Waals surface area (Å²) in [6.07, 6.45) is 0.455. The largest absolute Gasteiger partial charge is 0.400 e. The molecule has 0 radical (unpaired) electrons. The maximum absolute atomic E-state index is 14.2.